The van der Waals surface area contributed by atoms with Gasteiger partial charge in [-0.2, -0.15) is 6.08 Å². The third-order valence-electron chi connectivity index (χ3n) is 2.97. The Balaban J connectivity index is 0.000000853. The van der Waals surface area contributed by atoms with Crippen molar-refractivity contribution in [3.8, 4) is 0 Å². The van der Waals surface area contributed by atoms with Crippen molar-refractivity contribution >= 4 is 5.69 Å². The Morgan fingerprint density at radius 3 is 3.07 bits per heavy atom. The fraction of sp³-hybridized carbons (Fsp3) is 0.231. The van der Waals surface area contributed by atoms with E-state index in [0.717, 1.165) is 6.42 Å². The van der Waals surface area contributed by atoms with Crippen LogP contribution in [0.5, 0.6) is 0 Å². The summed E-state index contributed by atoms with van der Waals surface area (Å²) in [5, 5.41) is 3.53. The van der Waals surface area contributed by atoms with Gasteiger partial charge in [-0.05, 0) is 18.1 Å². The molecule has 0 aromatic heterocycles. The van der Waals surface area contributed by atoms with Crippen LogP contribution in [0.2, 0.25) is 0 Å². The first-order chi connectivity index (χ1) is 6.93. The minimum absolute atomic E-state index is 0. The number of benzene rings is 1. The third-order valence-corrected chi connectivity index (χ3v) is 2.97. The second-order valence-corrected chi connectivity index (χ2v) is 3.89. The molecule has 1 radical (unpaired) electrons. The van der Waals surface area contributed by atoms with Crippen molar-refractivity contribution in [2.24, 2.45) is 5.92 Å². The minimum Gasteiger partial charge on any atom is -0.381 e. The fourth-order valence-electron chi connectivity index (χ4n) is 2.20. The first-order valence-electron chi connectivity index (χ1n) is 5.04. The zero-order valence-electron chi connectivity index (χ0n) is 8.28. The first-order valence-corrected chi connectivity index (χ1v) is 5.04. The molecule has 0 bridgehead atoms. The molecule has 2 heteroatoms. The summed E-state index contributed by atoms with van der Waals surface area (Å²) in [6.07, 6.45) is 10.7. The van der Waals surface area contributed by atoms with Crippen molar-refractivity contribution < 1.29 is 20.4 Å². The molecule has 15 heavy (non-hydrogen) atoms. The van der Waals surface area contributed by atoms with Gasteiger partial charge < -0.3 is 5.32 Å². The summed E-state index contributed by atoms with van der Waals surface area (Å²) in [6.45, 7) is 0. The maximum Gasteiger partial charge on any atom is 0.0376 e. The molecule has 1 N–H and O–H groups in total. The van der Waals surface area contributed by atoms with E-state index in [4.69, 9.17) is 0 Å². The molecule has 1 aromatic rings. The van der Waals surface area contributed by atoms with Crippen LogP contribution < -0.4 is 5.32 Å². The fourth-order valence-corrected chi connectivity index (χ4v) is 2.20. The summed E-state index contributed by atoms with van der Waals surface area (Å²) in [4.78, 5) is 0. The number of fused-ring (bicyclic) bond motifs is 2. The second kappa shape index (κ2) is 4.35. The van der Waals surface area contributed by atoms with Gasteiger partial charge in [0.05, 0.1) is 0 Å². The predicted octanol–water partition coefficient (Wildman–Crippen LogP) is 2.57. The molecule has 0 saturated heterocycles. The number of hydrogen-bond acceptors (Lipinski definition) is 1. The molecule has 77 valence electrons. The summed E-state index contributed by atoms with van der Waals surface area (Å²) < 4.78 is 0. The average molecular weight is 368 g/mol. The van der Waals surface area contributed by atoms with E-state index in [1.165, 1.54) is 11.3 Å². The Hall–Kier alpha value is -0.838. The van der Waals surface area contributed by atoms with Crippen molar-refractivity contribution in [1.82, 2.24) is 0 Å². The summed E-state index contributed by atoms with van der Waals surface area (Å²) in [5.74, 6) is 0.603. The average Bonchev–Trinajstić information content (AvgIpc) is 2.26. The summed E-state index contributed by atoms with van der Waals surface area (Å²) in [7, 11) is 0. The largest absolute Gasteiger partial charge is 0.381 e. The summed E-state index contributed by atoms with van der Waals surface area (Å²) in [5.41, 5.74) is 2.70. The van der Waals surface area contributed by atoms with E-state index in [9.17, 15) is 0 Å². The van der Waals surface area contributed by atoms with Crippen molar-refractivity contribution in [3.63, 3.8) is 0 Å². The van der Waals surface area contributed by atoms with Crippen LogP contribution in [-0.4, -0.2) is 6.04 Å². The van der Waals surface area contributed by atoms with Gasteiger partial charge in [0.15, 0.2) is 0 Å². The standard InChI is InChI=1S/C13H12N.Re/c1-3-7-12-10(5-1)9-11-6-2-4-8-13(11)14-12;/h1-3,5-8,11,13-14H,9H2;/q-1;. The molecule has 3 rings (SSSR count). The molecule has 1 aliphatic carbocycles. The molecule has 1 heterocycles. The number of rotatable bonds is 0. The van der Waals surface area contributed by atoms with Gasteiger partial charge >= 0.3 is 0 Å². The Labute approximate surface area is 104 Å². The molecule has 2 aliphatic rings. The van der Waals surface area contributed by atoms with Crippen LogP contribution in [-0.2, 0) is 26.8 Å². The number of anilines is 1. The van der Waals surface area contributed by atoms with Gasteiger partial charge in [-0.3, -0.25) is 6.08 Å². The Kier molecular flexibility index (Phi) is 3.09. The maximum atomic E-state index is 3.53. The first kappa shape index (κ1) is 10.7. The number of nitrogens with one attached hydrogen (secondary N) is 1. The summed E-state index contributed by atoms with van der Waals surface area (Å²) >= 11 is 0. The van der Waals surface area contributed by atoms with E-state index in [1.807, 2.05) is 6.08 Å². The van der Waals surface area contributed by atoms with Gasteiger partial charge in [0, 0.05) is 32.2 Å². The van der Waals surface area contributed by atoms with Crippen LogP contribution in [0, 0.1) is 12.0 Å². The minimum atomic E-state index is 0. The van der Waals surface area contributed by atoms with Gasteiger partial charge in [0.1, 0.15) is 0 Å². The normalized spacial score (nSPS) is 25.9. The Morgan fingerprint density at radius 1 is 1.27 bits per heavy atom. The number of hydrogen-bond donors (Lipinski definition) is 1. The van der Waals surface area contributed by atoms with E-state index < -0.39 is 0 Å². The number of para-hydroxylation sites is 1. The molecular weight excluding hydrogens is 356 g/mol. The molecule has 2 atom stereocenters. The molecule has 0 amide bonds. The van der Waals surface area contributed by atoms with Gasteiger partial charge in [-0.15, -0.1) is 0 Å². The van der Waals surface area contributed by atoms with Crippen molar-refractivity contribution in [1.29, 1.82) is 0 Å². The quantitative estimate of drug-likeness (QED) is 0.694. The van der Waals surface area contributed by atoms with Crippen LogP contribution in [0.25, 0.3) is 0 Å². The molecule has 1 aliphatic heterocycles. The second-order valence-electron chi connectivity index (χ2n) is 3.89. The zero-order chi connectivity index (χ0) is 9.38. The van der Waals surface area contributed by atoms with Crippen LogP contribution in [0.15, 0.2) is 42.5 Å². The zero-order valence-corrected chi connectivity index (χ0v) is 11.0. The van der Waals surface area contributed by atoms with Crippen LogP contribution in [0.1, 0.15) is 5.56 Å². The molecule has 0 fully saturated rings. The van der Waals surface area contributed by atoms with Crippen molar-refractivity contribution in [3.05, 3.63) is 54.1 Å². The van der Waals surface area contributed by atoms with Crippen molar-refractivity contribution in [2.75, 3.05) is 5.32 Å². The molecule has 1 aromatic carbocycles. The maximum absolute atomic E-state index is 3.53. The monoisotopic (exact) mass is 369 g/mol. The van der Waals surface area contributed by atoms with E-state index in [2.05, 4.69) is 47.8 Å². The molecule has 0 spiro atoms. The van der Waals surface area contributed by atoms with Crippen LogP contribution >= 0.6 is 0 Å². The molecular formula is C13H12NRe-. The van der Waals surface area contributed by atoms with E-state index in [1.54, 1.807) is 0 Å². The smallest absolute Gasteiger partial charge is 0.0376 e. The Bertz CT molecular complexity index is 370. The van der Waals surface area contributed by atoms with E-state index in [-0.39, 0.29) is 20.4 Å². The molecule has 0 saturated carbocycles. The summed E-state index contributed by atoms with van der Waals surface area (Å²) in [6, 6.07) is 8.98. The van der Waals surface area contributed by atoms with Gasteiger partial charge in [0.25, 0.3) is 0 Å². The predicted molar refractivity (Wildman–Crippen MR) is 58.0 cm³/mol. The SMILES string of the molecule is [C-]1=CC2Nc3ccccc3CC2C=C1.[Re]. The van der Waals surface area contributed by atoms with Crippen LogP contribution in [0.4, 0.5) is 5.69 Å². The van der Waals surface area contributed by atoms with E-state index >= 15 is 0 Å². The molecule has 2 unspecified atom stereocenters. The number of allylic oxidation sites excluding steroid dienone is 2. The molecule has 1 nitrogen and oxygen atoms in total. The van der Waals surface area contributed by atoms with E-state index in [0.29, 0.717) is 12.0 Å². The topological polar surface area (TPSA) is 12.0 Å². The van der Waals surface area contributed by atoms with Gasteiger partial charge in [-0.1, -0.05) is 24.1 Å². The van der Waals surface area contributed by atoms with Gasteiger partial charge in [0.2, 0.25) is 0 Å². The Morgan fingerprint density at radius 2 is 2.13 bits per heavy atom. The van der Waals surface area contributed by atoms with Crippen molar-refractivity contribution in [2.45, 2.75) is 12.5 Å². The van der Waals surface area contributed by atoms with Gasteiger partial charge in [-0.25, -0.2) is 12.2 Å². The van der Waals surface area contributed by atoms with Crippen LogP contribution in [0.3, 0.4) is 0 Å². The third kappa shape index (κ3) is 1.93.